The second kappa shape index (κ2) is 14.2. The summed E-state index contributed by atoms with van der Waals surface area (Å²) >= 11 is 1.41. The minimum absolute atomic E-state index is 0.151. The summed E-state index contributed by atoms with van der Waals surface area (Å²) in [5, 5.41) is 16.6. The van der Waals surface area contributed by atoms with Crippen LogP contribution in [0.5, 0.6) is 0 Å². The molecule has 0 radical (unpaired) electrons. The molecule has 0 saturated heterocycles. The van der Waals surface area contributed by atoms with Gasteiger partial charge in [0.15, 0.2) is 0 Å². The molecule has 1 aromatic heterocycles. The Morgan fingerprint density at radius 1 is 1.09 bits per heavy atom. The van der Waals surface area contributed by atoms with E-state index in [1.165, 1.54) is 24.3 Å². The van der Waals surface area contributed by atoms with Crippen molar-refractivity contribution in [2.75, 3.05) is 12.0 Å². The molecule has 34 heavy (non-hydrogen) atoms. The maximum Gasteiger partial charge on any atom is 0.326 e. The molecule has 1 aromatic rings. The number of amides is 4. The zero-order chi connectivity index (χ0) is 25.8. The summed E-state index contributed by atoms with van der Waals surface area (Å²) in [5.74, 6) is -4.24. The van der Waals surface area contributed by atoms with Gasteiger partial charge in [-0.15, -0.1) is 0 Å². The van der Waals surface area contributed by atoms with Crippen molar-refractivity contribution in [2.24, 2.45) is 17.4 Å². The van der Waals surface area contributed by atoms with Crippen LogP contribution in [0.15, 0.2) is 12.5 Å². The molecule has 1 heterocycles. The van der Waals surface area contributed by atoms with Crippen molar-refractivity contribution < 1.29 is 29.1 Å². The van der Waals surface area contributed by atoms with Crippen molar-refractivity contribution in [1.29, 1.82) is 0 Å². The second-order valence-electron chi connectivity index (χ2n) is 8.03. The Bertz CT molecular complexity index is 848. The van der Waals surface area contributed by atoms with E-state index in [1.807, 2.05) is 0 Å². The van der Waals surface area contributed by atoms with Gasteiger partial charge in [-0.3, -0.25) is 19.2 Å². The number of aliphatic carboxylic acids is 1. The third-order valence-electron chi connectivity index (χ3n) is 4.84. The zero-order valence-electron chi connectivity index (χ0n) is 19.4. The Morgan fingerprint density at radius 3 is 2.24 bits per heavy atom. The lowest BCUT2D eigenvalue weighted by Crippen LogP contribution is -2.59. The number of hydrogen-bond acceptors (Lipinski definition) is 8. The quantitative estimate of drug-likeness (QED) is 0.143. The lowest BCUT2D eigenvalue weighted by Gasteiger charge is -2.26. The molecule has 13 nitrogen and oxygen atoms in total. The number of nitrogens with zero attached hydrogens (tertiary/aromatic N) is 1. The summed E-state index contributed by atoms with van der Waals surface area (Å²) in [6.45, 7) is 3.36. The van der Waals surface area contributed by atoms with Crippen LogP contribution in [0.25, 0.3) is 0 Å². The van der Waals surface area contributed by atoms with Crippen LogP contribution in [0.4, 0.5) is 0 Å². The van der Waals surface area contributed by atoms with Gasteiger partial charge in [0.05, 0.1) is 18.8 Å². The monoisotopic (exact) mass is 499 g/mol. The molecular formula is C20H33N7O6S. The molecule has 4 atom stereocenters. The molecule has 0 aliphatic carbocycles. The first-order chi connectivity index (χ1) is 16.0. The molecular weight excluding hydrogens is 466 g/mol. The van der Waals surface area contributed by atoms with E-state index >= 15 is 0 Å². The van der Waals surface area contributed by atoms with Crippen LogP contribution in [0.1, 0.15) is 32.4 Å². The average Bonchev–Trinajstić information content (AvgIpc) is 3.26. The van der Waals surface area contributed by atoms with E-state index in [9.17, 15) is 29.1 Å². The Morgan fingerprint density at radius 2 is 1.74 bits per heavy atom. The third-order valence-corrected chi connectivity index (χ3v) is 5.49. The highest BCUT2D eigenvalue weighted by Gasteiger charge is 2.32. The lowest BCUT2D eigenvalue weighted by molar-refractivity contribution is -0.142. The van der Waals surface area contributed by atoms with Crippen LogP contribution in [-0.4, -0.2) is 80.8 Å². The van der Waals surface area contributed by atoms with Gasteiger partial charge in [0.1, 0.15) is 18.1 Å². The van der Waals surface area contributed by atoms with E-state index in [2.05, 4.69) is 25.9 Å². The number of aromatic nitrogens is 2. The number of carboxylic acids is 1. The number of nitrogens with two attached hydrogens (primary N) is 2. The highest BCUT2D eigenvalue weighted by atomic mass is 32.2. The van der Waals surface area contributed by atoms with Gasteiger partial charge in [0.25, 0.3) is 0 Å². The van der Waals surface area contributed by atoms with Gasteiger partial charge >= 0.3 is 5.97 Å². The summed E-state index contributed by atoms with van der Waals surface area (Å²) in [5.41, 5.74) is 11.8. The maximum absolute atomic E-state index is 12.9. The van der Waals surface area contributed by atoms with Gasteiger partial charge in [-0.25, -0.2) is 9.78 Å². The number of aromatic amines is 1. The summed E-state index contributed by atoms with van der Waals surface area (Å²) in [7, 11) is 0. The Kier molecular flexibility index (Phi) is 12.1. The number of rotatable bonds is 15. The Labute approximate surface area is 201 Å². The first-order valence-electron chi connectivity index (χ1n) is 10.6. The van der Waals surface area contributed by atoms with Crippen LogP contribution in [0.3, 0.4) is 0 Å². The number of primary amides is 1. The van der Waals surface area contributed by atoms with E-state index in [-0.39, 0.29) is 12.8 Å². The number of carbonyl (C=O) groups is 5. The predicted molar refractivity (Wildman–Crippen MR) is 125 cm³/mol. The number of hydrogen-bond donors (Lipinski definition) is 7. The highest BCUT2D eigenvalue weighted by molar-refractivity contribution is 7.98. The van der Waals surface area contributed by atoms with Crippen molar-refractivity contribution in [1.82, 2.24) is 25.9 Å². The first-order valence-corrected chi connectivity index (χ1v) is 12.0. The van der Waals surface area contributed by atoms with Gasteiger partial charge in [0, 0.05) is 18.3 Å². The van der Waals surface area contributed by atoms with Gasteiger partial charge in [0.2, 0.25) is 23.6 Å². The molecule has 0 aromatic carbocycles. The fourth-order valence-electron chi connectivity index (χ4n) is 2.96. The van der Waals surface area contributed by atoms with Crippen molar-refractivity contribution in [3.8, 4) is 0 Å². The average molecular weight is 500 g/mol. The third kappa shape index (κ3) is 9.79. The molecule has 4 unspecified atom stereocenters. The summed E-state index contributed by atoms with van der Waals surface area (Å²) in [4.78, 5) is 67.7. The molecule has 9 N–H and O–H groups in total. The van der Waals surface area contributed by atoms with Gasteiger partial charge in [-0.1, -0.05) is 13.8 Å². The number of carbonyl (C=O) groups excluding carboxylic acids is 4. The molecule has 0 saturated carbocycles. The summed E-state index contributed by atoms with van der Waals surface area (Å²) in [6, 6.07) is -4.66. The van der Waals surface area contributed by atoms with Crippen molar-refractivity contribution in [3.63, 3.8) is 0 Å². The molecule has 0 fully saturated rings. The van der Waals surface area contributed by atoms with Crippen molar-refractivity contribution in [2.45, 2.75) is 57.3 Å². The molecule has 0 spiro atoms. The van der Waals surface area contributed by atoms with Crippen molar-refractivity contribution in [3.05, 3.63) is 18.2 Å². The van der Waals surface area contributed by atoms with Crippen LogP contribution in [-0.2, 0) is 30.4 Å². The van der Waals surface area contributed by atoms with Gasteiger partial charge in [-0.2, -0.15) is 11.8 Å². The highest BCUT2D eigenvalue weighted by Crippen LogP contribution is 2.07. The van der Waals surface area contributed by atoms with E-state index < -0.39 is 66.1 Å². The lowest BCUT2D eigenvalue weighted by atomic mass is 10.0. The topological polar surface area (TPSA) is 222 Å². The number of nitrogens with one attached hydrogen (secondary N) is 4. The van der Waals surface area contributed by atoms with E-state index in [0.29, 0.717) is 11.4 Å². The number of imidazole rings is 1. The smallest absolute Gasteiger partial charge is 0.326 e. The Balaban J connectivity index is 2.89. The van der Waals surface area contributed by atoms with Crippen LogP contribution < -0.4 is 27.4 Å². The summed E-state index contributed by atoms with van der Waals surface area (Å²) < 4.78 is 0. The maximum atomic E-state index is 12.9. The van der Waals surface area contributed by atoms with Crippen LogP contribution in [0, 0.1) is 5.92 Å². The molecule has 0 aliphatic rings. The molecule has 0 aliphatic heterocycles. The predicted octanol–water partition coefficient (Wildman–Crippen LogP) is -1.90. The van der Waals surface area contributed by atoms with Crippen LogP contribution >= 0.6 is 11.8 Å². The minimum atomic E-state index is -1.42. The molecule has 14 heteroatoms. The zero-order valence-corrected chi connectivity index (χ0v) is 20.2. The molecule has 1 rings (SSSR count). The summed E-state index contributed by atoms with van der Waals surface area (Å²) in [6.07, 6.45) is 4.53. The van der Waals surface area contributed by atoms with E-state index in [1.54, 1.807) is 20.1 Å². The largest absolute Gasteiger partial charge is 0.480 e. The molecule has 190 valence electrons. The number of H-pyrrole nitrogens is 1. The molecule has 4 amide bonds. The number of carboxylic acid groups (broad SMARTS) is 1. The second-order valence-corrected chi connectivity index (χ2v) is 9.02. The minimum Gasteiger partial charge on any atom is -0.480 e. The van der Waals surface area contributed by atoms with Gasteiger partial charge in [-0.05, 0) is 24.3 Å². The van der Waals surface area contributed by atoms with Gasteiger partial charge < -0.3 is 37.5 Å². The van der Waals surface area contributed by atoms with Crippen LogP contribution in [0.2, 0.25) is 0 Å². The fourth-order valence-corrected chi connectivity index (χ4v) is 3.43. The molecule has 0 bridgehead atoms. The standard InChI is InChI=1S/C20H33N7O6S/c1-10(2)16(27-17(29)12(21)6-11-8-23-9-24-11)19(31)26-14(7-15(22)28)18(30)25-13(20(32)33)4-5-34-3/h8-10,12-14,16H,4-7,21H2,1-3H3,(H2,22,28)(H,23,24)(H,25,30)(H,26,31)(H,27,29)(H,32,33). The first kappa shape index (κ1) is 28.9. The van der Waals surface area contributed by atoms with E-state index in [0.717, 1.165) is 0 Å². The fraction of sp³-hybridized carbons (Fsp3) is 0.600. The Hall–Kier alpha value is -3.13. The SMILES string of the molecule is CSCCC(NC(=O)C(CC(N)=O)NC(=O)C(NC(=O)C(N)Cc1cnc[nH]1)C(C)C)C(=O)O. The van der Waals surface area contributed by atoms with E-state index in [4.69, 9.17) is 11.5 Å². The van der Waals surface area contributed by atoms with Crippen molar-refractivity contribution >= 4 is 41.4 Å². The number of thioether (sulfide) groups is 1. The normalized spacial score (nSPS) is 14.5.